The summed E-state index contributed by atoms with van der Waals surface area (Å²) < 4.78 is 10.9. The summed E-state index contributed by atoms with van der Waals surface area (Å²) in [4.78, 5) is 29.8. The maximum absolute atomic E-state index is 13.1. The number of quaternary nitrogens is 1. The number of benzene rings is 2. The molecule has 7 nitrogen and oxygen atoms in total. The molecule has 0 spiro atoms. The molecule has 1 atom stereocenters. The highest BCUT2D eigenvalue weighted by atomic mass is 32.1. The molecule has 1 aliphatic heterocycles. The molecule has 2 heterocycles. The van der Waals surface area contributed by atoms with Crippen molar-refractivity contribution in [2.24, 2.45) is 0 Å². The maximum atomic E-state index is 13.1. The number of nitrogens with zero attached hydrogens (tertiary/aromatic N) is 1. The van der Waals surface area contributed by atoms with Crippen molar-refractivity contribution >= 4 is 28.3 Å². The van der Waals surface area contributed by atoms with Crippen molar-refractivity contribution in [3.05, 3.63) is 81.7 Å². The van der Waals surface area contributed by atoms with E-state index in [9.17, 15) is 9.59 Å². The number of rotatable bonds is 8. The molecular weight excluding hydrogens is 486 g/mol. The van der Waals surface area contributed by atoms with E-state index in [0.717, 1.165) is 35.0 Å². The molecule has 1 unspecified atom stereocenters. The van der Waals surface area contributed by atoms with Crippen LogP contribution in [0.1, 0.15) is 51.8 Å². The van der Waals surface area contributed by atoms with Gasteiger partial charge in [-0.05, 0) is 69.7 Å². The largest absolute Gasteiger partial charge is 0.494 e. The quantitative estimate of drug-likeness (QED) is 0.458. The van der Waals surface area contributed by atoms with Crippen LogP contribution in [0.3, 0.4) is 0 Å². The Morgan fingerprint density at radius 2 is 1.68 bits per heavy atom. The van der Waals surface area contributed by atoms with Gasteiger partial charge in [0, 0.05) is 16.0 Å². The third-order valence-corrected chi connectivity index (χ3v) is 7.99. The van der Waals surface area contributed by atoms with Gasteiger partial charge in [-0.1, -0.05) is 18.2 Å². The van der Waals surface area contributed by atoms with Crippen LogP contribution in [0.5, 0.6) is 5.75 Å². The van der Waals surface area contributed by atoms with Crippen LogP contribution in [0, 0.1) is 13.8 Å². The molecule has 2 aromatic carbocycles. The third-order valence-electron chi connectivity index (χ3n) is 6.85. The molecule has 0 aliphatic carbocycles. The van der Waals surface area contributed by atoms with E-state index in [1.807, 2.05) is 56.3 Å². The summed E-state index contributed by atoms with van der Waals surface area (Å²) in [5, 5.41) is 4.09. The van der Waals surface area contributed by atoms with E-state index in [-0.39, 0.29) is 18.0 Å². The first-order valence-corrected chi connectivity index (χ1v) is 13.7. The lowest BCUT2D eigenvalue weighted by Crippen LogP contribution is -3.15. The first-order chi connectivity index (χ1) is 17.9. The van der Waals surface area contributed by atoms with Gasteiger partial charge >= 0.3 is 6.09 Å². The highest BCUT2D eigenvalue weighted by Crippen LogP contribution is 2.39. The van der Waals surface area contributed by atoms with Crippen molar-refractivity contribution in [1.82, 2.24) is 4.90 Å². The fourth-order valence-electron chi connectivity index (χ4n) is 4.86. The second-order valence-corrected chi connectivity index (χ2v) is 10.4. The summed E-state index contributed by atoms with van der Waals surface area (Å²) in [6, 6.07) is 17.6. The molecule has 3 aromatic rings. The fourth-order valence-corrected chi connectivity index (χ4v) is 5.95. The zero-order valence-corrected chi connectivity index (χ0v) is 22.8. The van der Waals surface area contributed by atoms with Crippen LogP contribution in [-0.4, -0.2) is 56.3 Å². The van der Waals surface area contributed by atoms with Gasteiger partial charge in [0.15, 0.2) is 0 Å². The Morgan fingerprint density at radius 3 is 2.30 bits per heavy atom. The summed E-state index contributed by atoms with van der Waals surface area (Å²) in [6.45, 7) is 11.8. The van der Waals surface area contributed by atoms with Crippen molar-refractivity contribution in [1.29, 1.82) is 0 Å². The first kappa shape index (κ1) is 26.7. The van der Waals surface area contributed by atoms with E-state index >= 15 is 0 Å². The van der Waals surface area contributed by atoms with E-state index < -0.39 is 0 Å². The monoisotopic (exact) mass is 522 g/mol. The normalized spacial score (nSPS) is 14.8. The van der Waals surface area contributed by atoms with Crippen LogP contribution in [-0.2, 0) is 4.74 Å². The Balaban J connectivity index is 1.69. The number of anilines is 1. The molecule has 1 fully saturated rings. The number of carbonyl (C=O) groups excluding carboxylic acids is 2. The molecular formula is C29H36N3O4S+. The second-order valence-electron chi connectivity index (χ2n) is 9.13. The summed E-state index contributed by atoms with van der Waals surface area (Å²) in [7, 11) is 0. The average molecular weight is 523 g/mol. The van der Waals surface area contributed by atoms with Crippen molar-refractivity contribution in [2.75, 3.05) is 44.7 Å². The van der Waals surface area contributed by atoms with Gasteiger partial charge in [-0.2, -0.15) is 0 Å². The predicted molar refractivity (Wildman–Crippen MR) is 147 cm³/mol. The number of nitrogens with one attached hydrogen (secondary N) is 2. The van der Waals surface area contributed by atoms with E-state index in [1.165, 1.54) is 15.3 Å². The lowest BCUT2D eigenvalue weighted by Gasteiger charge is -2.37. The van der Waals surface area contributed by atoms with E-state index in [4.69, 9.17) is 9.47 Å². The Hall–Kier alpha value is -3.36. The summed E-state index contributed by atoms with van der Waals surface area (Å²) >= 11 is 1.62. The molecule has 4 rings (SSSR count). The van der Waals surface area contributed by atoms with Gasteiger partial charge in [-0.3, -0.25) is 9.69 Å². The average Bonchev–Trinajstić information content (AvgIpc) is 3.19. The third kappa shape index (κ3) is 6.14. The van der Waals surface area contributed by atoms with Crippen molar-refractivity contribution in [3.8, 4) is 5.75 Å². The van der Waals surface area contributed by atoms with Gasteiger partial charge in [-0.25, -0.2) is 4.79 Å². The van der Waals surface area contributed by atoms with Gasteiger partial charge < -0.3 is 19.7 Å². The summed E-state index contributed by atoms with van der Waals surface area (Å²) in [6.07, 6.45) is -0.252. The van der Waals surface area contributed by atoms with Gasteiger partial charge in [0.2, 0.25) is 0 Å². The number of thiophene rings is 1. The molecule has 37 heavy (non-hydrogen) atoms. The number of carbonyl (C=O) groups is 2. The van der Waals surface area contributed by atoms with E-state index in [2.05, 4.69) is 31.3 Å². The van der Waals surface area contributed by atoms with Crippen molar-refractivity contribution in [3.63, 3.8) is 0 Å². The van der Waals surface area contributed by atoms with Crippen LogP contribution >= 0.6 is 11.3 Å². The standard InChI is InChI=1S/C29H35N3O4S/c1-5-35-24-14-12-22(13-15-24)26(31-16-18-32(19-17-31)29(34)36-6-2)25-20(3)21(4)37-28(25)30-27(33)23-10-8-7-9-11-23/h7-15,26H,5-6,16-19H2,1-4H3,(H,30,33)/p+1. The first-order valence-electron chi connectivity index (χ1n) is 12.9. The Bertz CT molecular complexity index is 1200. The predicted octanol–water partition coefficient (Wildman–Crippen LogP) is 4.46. The molecule has 0 saturated carbocycles. The Labute approximate surface area is 223 Å². The minimum Gasteiger partial charge on any atom is -0.494 e. The topological polar surface area (TPSA) is 72.3 Å². The molecule has 2 N–H and O–H groups in total. The summed E-state index contributed by atoms with van der Waals surface area (Å²) in [5.41, 5.74) is 4.10. The lowest BCUT2D eigenvalue weighted by molar-refractivity contribution is -0.929. The van der Waals surface area contributed by atoms with Gasteiger partial charge in [-0.15, -0.1) is 11.3 Å². The van der Waals surface area contributed by atoms with Crippen LogP contribution < -0.4 is 15.0 Å². The van der Waals surface area contributed by atoms with Crippen molar-refractivity contribution in [2.45, 2.75) is 33.7 Å². The Kier molecular flexibility index (Phi) is 8.84. The maximum Gasteiger partial charge on any atom is 0.410 e. The minimum atomic E-state index is -0.252. The number of piperazine rings is 1. The molecule has 8 heteroatoms. The number of hydrogen-bond donors (Lipinski definition) is 2. The Morgan fingerprint density at radius 1 is 1.00 bits per heavy atom. The van der Waals surface area contributed by atoms with Crippen LogP contribution in [0.25, 0.3) is 0 Å². The lowest BCUT2D eigenvalue weighted by atomic mass is 9.94. The molecule has 0 radical (unpaired) electrons. The number of hydrogen-bond acceptors (Lipinski definition) is 5. The van der Waals surface area contributed by atoms with Crippen LogP contribution in [0.15, 0.2) is 54.6 Å². The number of amides is 2. The molecule has 2 amide bonds. The number of aryl methyl sites for hydroxylation is 1. The highest BCUT2D eigenvalue weighted by molar-refractivity contribution is 7.16. The summed E-state index contributed by atoms with van der Waals surface area (Å²) in [5.74, 6) is 0.721. The minimum absolute atomic E-state index is 0.00366. The molecule has 1 aromatic heterocycles. The molecule has 1 aliphatic rings. The second kappa shape index (κ2) is 12.3. The van der Waals surface area contributed by atoms with E-state index in [1.54, 1.807) is 16.2 Å². The van der Waals surface area contributed by atoms with Crippen molar-refractivity contribution < 1.29 is 24.0 Å². The highest BCUT2D eigenvalue weighted by Gasteiger charge is 2.36. The van der Waals surface area contributed by atoms with Crippen LogP contribution in [0.2, 0.25) is 0 Å². The van der Waals surface area contributed by atoms with Gasteiger partial charge in [0.25, 0.3) is 5.91 Å². The molecule has 196 valence electrons. The molecule has 1 saturated heterocycles. The SMILES string of the molecule is CCOC(=O)N1CC[NH+](C(c2ccc(OCC)cc2)c2c(NC(=O)c3ccccc3)sc(C)c2C)CC1. The zero-order chi connectivity index (χ0) is 26.4. The van der Waals surface area contributed by atoms with Gasteiger partial charge in [0.05, 0.1) is 45.0 Å². The van der Waals surface area contributed by atoms with E-state index in [0.29, 0.717) is 31.9 Å². The van der Waals surface area contributed by atoms with Crippen LogP contribution in [0.4, 0.5) is 9.80 Å². The number of ether oxygens (including phenoxy) is 2. The molecule has 0 bridgehead atoms. The zero-order valence-electron chi connectivity index (χ0n) is 22.0. The smallest absolute Gasteiger partial charge is 0.410 e. The van der Waals surface area contributed by atoms with Gasteiger partial charge in [0.1, 0.15) is 16.8 Å². The fraction of sp³-hybridized carbons (Fsp3) is 0.379.